The van der Waals surface area contributed by atoms with Crippen molar-refractivity contribution >= 4 is 44.8 Å². The van der Waals surface area contributed by atoms with Gasteiger partial charge in [-0.05, 0) is 55.3 Å². The maximum atomic E-state index is 13.4. The van der Waals surface area contributed by atoms with Gasteiger partial charge in [0.1, 0.15) is 0 Å². The van der Waals surface area contributed by atoms with Crippen LogP contribution in [0.2, 0.25) is 10.0 Å². The second-order valence-electron chi connectivity index (χ2n) is 7.18. The fraction of sp³-hybridized carbons (Fsp3) is 0.174. The van der Waals surface area contributed by atoms with Crippen LogP contribution in [0.25, 0.3) is 0 Å². The number of rotatable bonds is 7. The summed E-state index contributed by atoms with van der Waals surface area (Å²) in [7, 11) is -3.95. The van der Waals surface area contributed by atoms with E-state index < -0.39 is 15.9 Å². The molecule has 8 heteroatoms. The molecule has 3 rings (SSSR count). The number of aryl methyl sites for hydroxylation is 2. The zero-order chi connectivity index (χ0) is 22.6. The number of benzene rings is 3. The topological polar surface area (TPSA) is 66.5 Å². The second kappa shape index (κ2) is 9.83. The number of halogens is 2. The van der Waals surface area contributed by atoms with Gasteiger partial charge in [-0.1, -0.05) is 65.2 Å². The lowest BCUT2D eigenvalue weighted by atomic mass is 10.2. The van der Waals surface area contributed by atoms with E-state index in [4.69, 9.17) is 23.2 Å². The van der Waals surface area contributed by atoms with Gasteiger partial charge in [-0.3, -0.25) is 4.79 Å². The van der Waals surface area contributed by atoms with Crippen LogP contribution >= 0.6 is 23.2 Å². The van der Waals surface area contributed by atoms with Crippen molar-refractivity contribution in [3.63, 3.8) is 0 Å². The largest absolute Gasteiger partial charge is 0.325 e. The lowest BCUT2D eigenvalue weighted by Crippen LogP contribution is -2.37. The van der Waals surface area contributed by atoms with Gasteiger partial charge in [0.2, 0.25) is 15.9 Å². The van der Waals surface area contributed by atoms with Crippen molar-refractivity contribution in [2.75, 3.05) is 11.9 Å². The highest BCUT2D eigenvalue weighted by atomic mass is 35.5. The molecule has 0 aromatic heterocycles. The van der Waals surface area contributed by atoms with Gasteiger partial charge in [-0.15, -0.1) is 0 Å². The molecule has 1 amide bonds. The normalized spacial score (nSPS) is 11.5. The average Bonchev–Trinajstić information content (AvgIpc) is 2.72. The Kier molecular flexibility index (Phi) is 7.38. The van der Waals surface area contributed by atoms with E-state index in [0.29, 0.717) is 21.3 Å². The van der Waals surface area contributed by atoms with Crippen molar-refractivity contribution in [2.24, 2.45) is 0 Å². The van der Waals surface area contributed by atoms with Gasteiger partial charge in [-0.25, -0.2) is 8.42 Å². The van der Waals surface area contributed by atoms with Crippen LogP contribution < -0.4 is 5.32 Å². The number of sulfonamides is 1. The van der Waals surface area contributed by atoms with E-state index in [1.54, 1.807) is 54.6 Å². The van der Waals surface area contributed by atoms with Gasteiger partial charge in [0, 0.05) is 22.3 Å². The fourth-order valence-electron chi connectivity index (χ4n) is 2.98. The van der Waals surface area contributed by atoms with Crippen LogP contribution in [-0.2, 0) is 21.4 Å². The molecular weight excluding hydrogens is 455 g/mol. The minimum Gasteiger partial charge on any atom is -0.325 e. The van der Waals surface area contributed by atoms with E-state index in [2.05, 4.69) is 5.32 Å². The minimum atomic E-state index is -3.95. The first-order valence-corrected chi connectivity index (χ1v) is 11.7. The lowest BCUT2D eigenvalue weighted by Gasteiger charge is -2.23. The summed E-state index contributed by atoms with van der Waals surface area (Å²) in [5, 5.41) is 3.65. The highest BCUT2D eigenvalue weighted by Crippen LogP contribution is 2.24. The molecular formula is C23H22Cl2N2O3S. The van der Waals surface area contributed by atoms with Crippen molar-refractivity contribution in [1.29, 1.82) is 0 Å². The standard InChI is InChI=1S/C23H22Cl2N2O3S/c1-16-7-11-20(12-8-16)31(29,30)27(14-18-5-3-4-6-21(18)25)15-23(28)26-22-13-19(24)10-9-17(22)2/h3-13H,14-15H2,1-2H3,(H,26,28). The molecule has 0 radical (unpaired) electrons. The smallest absolute Gasteiger partial charge is 0.243 e. The van der Waals surface area contributed by atoms with E-state index in [9.17, 15) is 13.2 Å². The zero-order valence-electron chi connectivity index (χ0n) is 17.1. The molecule has 0 saturated carbocycles. The van der Waals surface area contributed by atoms with Gasteiger partial charge >= 0.3 is 0 Å². The van der Waals surface area contributed by atoms with E-state index >= 15 is 0 Å². The summed E-state index contributed by atoms with van der Waals surface area (Å²) >= 11 is 12.3. The molecule has 162 valence electrons. The number of nitrogens with one attached hydrogen (secondary N) is 1. The number of hydrogen-bond acceptors (Lipinski definition) is 3. The van der Waals surface area contributed by atoms with Gasteiger partial charge in [0.15, 0.2) is 0 Å². The van der Waals surface area contributed by atoms with Gasteiger partial charge in [-0.2, -0.15) is 4.31 Å². The number of nitrogens with zero attached hydrogens (tertiary/aromatic N) is 1. The highest BCUT2D eigenvalue weighted by Gasteiger charge is 2.27. The summed E-state index contributed by atoms with van der Waals surface area (Å²) in [6.07, 6.45) is 0. The molecule has 0 fully saturated rings. The average molecular weight is 477 g/mol. The maximum absolute atomic E-state index is 13.4. The Morgan fingerprint density at radius 2 is 1.65 bits per heavy atom. The summed E-state index contributed by atoms with van der Waals surface area (Å²) in [6.45, 7) is 3.28. The number of amides is 1. The predicted molar refractivity (Wildman–Crippen MR) is 125 cm³/mol. The summed E-state index contributed by atoms with van der Waals surface area (Å²) < 4.78 is 27.8. The molecule has 0 atom stereocenters. The Morgan fingerprint density at radius 1 is 0.968 bits per heavy atom. The highest BCUT2D eigenvalue weighted by molar-refractivity contribution is 7.89. The Hall–Kier alpha value is -2.38. The van der Waals surface area contributed by atoms with E-state index in [1.807, 2.05) is 13.8 Å². The van der Waals surface area contributed by atoms with Crippen molar-refractivity contribution in [3.05, 3.63) is 93.5 Å². The first-order valence-electron chi connectivity index (χ1n) is 9.53. The Labute approximate surface area is 192 Å². The van der Waals surface area contributed by atoms with Gasteiger partial charge in [0.25, 0.3) is 0 Å². The van der Waals surface area contributed by atoms with Gasteiger partial charge in [0.05, 0.1) is 11.4 Å². The number of hydrogen-bond donors (Lipinski definition) is 1. The third-order valence-corrected chi connectivity index (χ3v) is 7.17. The Bertz CT molecular complexity index is 1200. The van der Waals surface area contributed by atoms with Crippen LogP contribution in [0.4, 0.5) is 5.69 Å². The van der Waals surface area contributed by atoms with Crippen LogP contribution in [0.5, 0.6) is 0 Å². The molecule has 0 bridgehead atoms. The number of carbonyl (C=O) groups is 1. The quantitative estimate of drug-likeness (QED) is 0.493. The first kappa shape index (κ1) is 23.3. The molecule has 3 aromatic rings. The summed E-state index contributed by atoms with van der Waals surface area (Å²) in [5.41, 5.74) is 2.89. The minimum absolute atomic E-state index is 0.0438. The maximum Gasteiger partial charge on any atom is 0.243 e. The summed E-state index contributed by atoms with van der Waals surface area (Å²) in [6, 6.07) is 18.6. The summed E-state index contributed by atoms with van der Waals surface area (Å²) in [5.74, 6) is -0.479. The molecule has 5 nitrogen and oxygen atoms in total. The van der Waals surface area contributed by atoms with Gasteiger partial charge < -0.3 is 5.32 Å². The Balaban J connectivity index is 1.91. The molecule has 0 aliphatic heterocycles. The third kappa shape index (κ3) is 5.86. The van der Waals surface area contributed by atoms with Crippen LogP contribution in [0.15, 0.2) is 71.6 Å². The Morgan fingerprint density at radius 3 is 2.32 bits per heavy atom. The van der Waals surface area contributed by atoms with Crippen LogP contribution in [-0.4, -0.2) is 25.2 Å². The first-order chi connectivity index (χ1) is 14.7. The molecule has 3 aromatic carbocycles. The molecule has 0 heterocycles. The number of anilines is 1. The molecule has 0 aliphatic carbocycles. The number of carbonyl (C=O) groups excluding carboxylic acids is 1. The molecule has 0 saturated heterocycles. The SMILES string of the molecule is Cc1ccc(S(=O)(=O)N(CC(=O)Nc2cc(Cl)ccc2C)Cc2ccccc2Cl)cc1. The molecule has 1 N–H and O–H groups in total. The van der Waals surface area contributed by atoms with Crippen LogP contribution in [0.1, 0.15) is 16.7 Å². The predicted octanol–water partition coefficient (Wildman–Crippen LogP) is 5.44. The van der Waals surface area contributed by atoms with Crippen LogP contribution in [0, 0.1) is 13.8 Å². The third-order valence-electron chi connectivity index (χ3n) is 4.76. The van der Waals surface area contributed by atoms with Crippen molar-refractivity contribution in [2.45, 2.75) is 25.3 Å². The van der Waals surface area contributed by atoms with E-state index in [0.717, 1.165) is 15.4 Å². The second-order valence-corrected chi connectivity index (χ2v) is 9.97. The van der Waals surface area contributed by atoms with Crippen molar-refractivity contribution in [1.82, 2.24) is 4.31 Å². The monoisotopic (exact) mass is 476 g/mol. The van der Waals surface area contributed by atoms with Crippen LogP contribution in [0.3, 0.4) is 0 Å². The molecule has 0 aliphatic rings. The van der Waals surface area contributed by atoms with E-state index in [1.165, 1.54) is 12.1 Å². The van der Waals surface area contributed by atoms with Crippen molar-refractivity contribution < 1.29 is 13.2 Å². The summed E-state index contributed by atoms with van der Waals surface area (Å²) in [4.78, 5) is 12.9. The van der Waals surface area contributed by atoms with E-state index in [-0.39, 0.29) is 18.0 Å². The van der Waals surface area contributed by atoms with Crippen molar-refractivity contribution in [3.8, 4) is 0 Å². The lowest BCUT2D eigenvalue weighted by molar-refractivity contribution is -0.116. The molecule has 0 spiro atoms. The fourth-order valence-corrected chi connectivity index (χ4v) is 4.72. The molecule has 0 unspecified atom stereocenters. The molecule has 31 heavy (non-hydrogen) atoms. The zero-order valence-corrected chi connectivity index (χ0v) is 19.4.